The van der Waals surface area contributed by atoms with Crippen molar-refractivity contribution in [1.82, 2.24) is 4.98 Å². The molecule has 128 valence electrons. The second-order valence-corrected chi connectivity index (χ2v) is 5.55. The van der Waals surface area contributed by atoms with E-state index in [1.807, 2.05) is 30.3 Å². The third kappa shape index (κ3) is 4.24. The van der Waals surface area contributed by atoms with Gasteiger partial charge < -0.3 is 20.2 Å². The van der Waals surface area contributed by atoms with Crippen LogP contribution in [0.3, 0.4) is 0 Å². The Balaban J connectivity index is 1.64. The Kier molecular flexibility index (Phi) is 5.11. The second-order valence-electron chi connectivity index (χ2n) is 5.55. The summed E-state index contributed by atoms with van der Waals surface area (Å²) in [5, 5.41) is 2.75. The van der Waals surface area contributed by atoms with Crippen LogP contribution >= 0.6 is 0 Å². The van der Waals surface area contributed by atoms with Gasteiger partial charge in [-0.3, -0.25) is 4.79 Å². The molecule has 1 aromatic heterocycles. The van der Waals surface area contributed by atoms with Gasteiger partial charge in [-0.1, -0.05) is 30.3 Å². The van der Waals surface area contributed by atoms with Crippen LogP contribution in [-0.4, -0.2) is 18.0 Å². The van der Waals surface area contributed by atoms with E-state index in [2.05, 4.69) is 10.3 Å². The number of nitrogens with zero attached hydrogens (tertiary/aromatic N) is 1. The first-order valence-electron chi connectivity index (χ1n) is 7.86. The zero-order chi connectivity index (χ0) is 17.6. The monoisotopic (exact) mass is 337 g/mol. The molecule has 3 rings (SSSR count). The summed E-state index contributed by atoms with van der Waals surface area (Å²) in [5.74, 6) is 0.699. The van der Waals surface area contributed by atoms with Crippen molar-refractivity contribution in [2.45, 2.75) is 12.5 Å². The molecule has 0 fully saturated rings. The molecule has 6 heteroatoms. The lowest BCUT2D eigenvalue weighted by atomic mass is 10.1. The van der Waals surface area contributed by atoms with Gasteiger partial charge in [0.2, 0.25) is 5.89 Å². The van der Waals surface area contributed by atoms with Crippen LogP contribution < -0.4 is 15.8 Å². The highest BCUT2D eigenvalue weighted by molar-refractivity contribution is 6.02. The summed E-state index contributed by atoms with van der Waals surface area (Å²) in [5.41, 5.74) is 8.04. The van der Waals surface area contributed by atoms with Gasteiger partial charge in [0, 0.05) is 5.69 Å². The van der Waals surface area contributed by atoms with Gasteiger partial charge in [-0.25, -0.2) is 4.98 Å². The summed E-state index contributed by atoms with van der Waals surface area (Å²) < 4.78 is 10.5. The van der Waals surface area contributed by atoms with Crippen LogP contribution in [0.4, 0.5) is 5.69 Å². The Hall–Kier alpha value is -3.12. The molecule has 2 aromatic carbocycles. The van der Waals surface area contributed by atoms with Crippen LogP contribution in [0.25, 0.3) is 0 Å². The molecule has 1 unspecified atom stereocenters. The highest BCUT2D eigenvalue weighted by Gasteiger charge is 2.17. The number of carbonyl (C=O) groups is 1. The number of amides is 1. The second kappa shape index (κ2) is 7.63. The molecule has 0 aliphatic rings. The van der Waals surface area contributed by atoms with Crippen molar-refractivity contribution < 1.29 is 13.9 Å². The fourth-order valence-corrected chi connectivity index (χ4v) is 2.39. The van der Waals surface area contributed by atoms with Crippen molar-refractivity contribution in [2.24, 2.45) is 5.73 Å². The van der Waals surface area contributed by atoms with Gasteiger partial charge in [0.15, 0.2) is 5.69 Å². The number of ether oxygens (including phenoxy) is 1. The number of hydrogen-bond donors (Lipinski definition) is 2. The maximum Gasteiger partial charge on any atom is 0.277 e. The van der Waals surface area contributed by atoms with E-state index in [1.165, 1.54) is 6.26 Å². The number of hydrogen-bond acceptors (Lipinski definition) is 5. The summed E-state index contributed by atoms with van der Waals surface area (Å²) in [6.45, 7) is 0. The molecule has 6 nitrogen and oxygen atoms in total. The van der Waals surface area contributed by atoms with Crippen LogP contribution in [0.1, 0.15) is 28.0 Å². The van der Waals surface area contributed by atoms with Gasteiger partial charge in [-0.15, -0.1) is 0 Å². The van der Waals surface area contributed by atoms with Gasteiger partial charge in [0.1, 0.15) is 12.0 Å². The van der Waals surface area contributed by atoms with Crippen molar-refractivity contribution in [3.63, 3.8) is 0 Å². The lowest BCUT2D eigenvalue weighted by Crippen LogP contribution is -2.16. The molecule has 0 saturated heterocycles. The topological polar surface area (TPSA) is 90.4 Å². The molecule has 1 amide bonds. The van der Waals surface area contributed by atoms with E-state index in [0.29, 0.717) is 23.7 Å². The number of anilines is 1. The average molecular weight is 337 g/mol. The van der Waals surface area contributed by atoms with E-state index >= 15 is 0 Å². The average Bonchev–Trinajstić information content (AvgIpc) is 3.14. The van der Waals surface area contributed by atoms with E-state index in [1.54, 1.807) is 31.4 Å². The van der Waals surface area contributed by atoms with E-state index < -0.39 is 6.04 Å². The Morgan fingerprint density at radius 1 is 1.20 bits per heavy atom. The van der Waals surface area contributed by atoms with Gasteiger partial charge in [0.25, 0.3) is 5.91 Å². The molecule has 0 aliphatic carbocycles. The summed E-state index contributed by atoms with van der Waals surface area (Å²) >= 11 is 0. The molecule has 3 N–H and O–H groups in total. The maximum atomic E-state index is 12.3. The Bertz CT molecular complexity index is 829. The van der Waals surface area contributed by atoms with Crippen molar-refractivity contribution in [3.05, 3.63) is 78.0 Å². The van der Waals surface area contributed by atoms with Gasteiger partial charge in [-0.05, 0) is 36.2 Å². The highest BCUT2D eigenvalue weighted by Crippen LogP contribution is 2.18. The van der Waals surface area contributed by atoms with Crippen molar-refractivity contribution in [3.8, 4) is 5.75 Å². The van der Waals surface area contributed by atoms with Crippen LogP contribution in [0, 0.1) is 0 Å². The predicted molar refractivity (Wildman–Crippen MR) is 94.5 cm³/mol. The van der Waals surface area contributed by atoms with Crippen LogP contribution in [-0.2, 0) is 6.42 Å². The molecular weight excluding hydrogens is 318 g/mol. The third-order valence-corrected chi connectivity index (χ3v) is 3.72. The largest absolute Gasteiger partial charge is 0.497 e. The molecular formula is C19H19N3O3. The van der Waals surface area contributed by atoms with E-state index in [9.17, 15) is 4.79 Å². The van der Waals surface area contributed by atoms with Crippen LogP contribution in [0.2, 0.25) is 0 Å². The molecule has 25 heavy (non-hydrogen) atoms. The number of aromatic nitrogens is 1. The number of carbonyl (C=O) groups excluding carboxylic acids is 1. The number of rotatable bonds is 6. The molecule has 0 spiro atoms. The molecule has 3 aromatic rings. The molecule has 0 aliphatic heterocycles. The van der Waals surface area contributed by atoms with Gasteiger partial charge in [-0.2, -0.15) is 0 Å². The smallest absolute Gasteiger partial charge is 0.277 e. The van der Waals surface area contributed by atoms with Crippen molar-refractivity contribution in [2.75, 3.05) is 12.4 Å². The van der Waals surface area contributed by atoms with E-state index in [4.69, 9.17) is 14.9 Å². The lowest BCUT2D eigenvalue weighted by molar-refractivity contribution is 0.102. The normalized spacial score (nSPS) is 11.8. The minimum absolute atomic E-state index is 0.189. The summed E-state index contributed by atoms with van der Waals surface area (Å²) in [4.78, 5) is 16.5. The zero-order valence-corrected chi connectivity index (χ0v) is 13.8. The first-order chi connectivity index (χ1) is 12.2. The summed E-state index contributed by atoms with van der Waals surface area (Å²) in [6.07, 6.45) is 1.90. The Morgan fingerprint density at radius 3 is 2.60 bits per heavy atom. The minimum Gasteiger partial charge on any atom is -0.497 e. The number of oxazole rings is 1. The van der Waals surface area contributed by atoms with Crippen molar-refractivity contribution in [1.29, 1.82) is 0 Å². The SMILES string of the molecule is COc1ccc(NC(=O)c2coc(C(N)Cc3ccccc3)n2)cc1. The van der Waals surface area contributed by atoms with Gasteiger partial charge in [0.05, 0.1) is 13.2 Å². The van der Waals surface area contributed by atoms with Gasteiger partial charge >= 0.3 is 0 Å². The maximum absolute atomic E-state index is 12.3. The minimum atomic E-state index is -0.412. The number of nitrogens with two attached hydrogens (primary N) is 1. The third-order valence-electron chi connectivity index (χ3n) is 3.72. The number of nitrogens with one attached hydrogen (secondary N) is 1. The first-order valence-corrected chi connectivity index (χ1v) is 7.86. The van der Waals surface area contributed by atoms with E-state index in [-0.39, 0.29) is 11.6 Å². The fraction of sp³-hybridized carbons (Fsp3) is 0.158. The van der Waals surface area contributed by atoms with Crippen LogP contribution in [0.15, 0.2) is 65.3 Å². The highest BCUT2D eigenvalue weighted by atomic mass is 16.5. The number of benzene rings is 2. The fourth-order valence-electron chi connectivity index (χ4n) is 2.39. The summed E-state index contributed by atoms with van der Waals surface area (Å²) in [7, 11) is 1.59. The molecule has 1 atom stereocenters. The molecule has 0 radical (unpaired) electrons. The molecule has 1 heterocycles. The zero-order valence-electron chi connectivity index (χ0n) is 13.8. The molecule has 0 saturated carbocycles. The Labute approximate surface area is 145 Å². The Morgan fingerprint density at radius 2 is 1.92 bits per heavy atom. The standard InChI is InChI=1S/C19H19N3O3/c1-24-15-9-7-14(8-10-15)21-18(23)17-12-25-19(22-17)16(20)11-13-5-3-2-4-6-13/h2-10,12,16H,11,20H2,1H3,(H,21,23). The van der Waals surface area contributed by atoms with E-state index in [0.717, 1.165) is 5.56 Å². The van der Waals surface area contributed by atoms with Crippen LogP contribution in [0.5, 0.6) is 5.75 Å². The number of methoxy groups -OCH3 is 1. The van der Waals surface area contributed by atoms with Crippen molar-refractivity contribution >= 4 is 11.6 Å². The quantitative estimate of drug-likeness (QED) is 0.721. The summed E-state index contributed by atoms with van der Waals surface area (Å²) in [6, 6.07) is 16.4. The lowest BCUT2D eigenvalue weighted by Gasteiger charge is -2.07. The first kappa shape index (κ1) is 16.7. The molecule has 0 bridgehead atoms. The predicted octanol–water partition coefficient (Wildman–Crippen LogP) is 3.18.